The zero-order valence-electron chi connectivity index (χ0n) is 6.52. The molecular formula is C8H8F3N. The standard InChI is InChI=1S/C8H8F3N/c1-2-6-4-3-5-12-7(6)8(9,10)11/h3-5H,2H2,1H3. The first-order valence-electron chi connectivity index (χ1n) is 3.56. The molecule has 1 heterocycles. The summed E-state index contributed by atoms with van der Waals surface area (Å²) in [5.74, 6) is 0. The molecule has 0 aliphatic rings. The van der Waals surface area contributed by atoms with Gasteiger partial charge in [-0.25, -0.2) is 0 Å². The summed E-state index contributed by atoms with van der Waals surface area (Å²) in [6.07, 6.45) is -2.82. The van der Waals surface area contributed by atoms with Gasteiger partial charge in [0, 0.05) is 6.20 Å². The first kappa shape index (κ1) is 9.03. The molecule has 0 atom stereocenters. The van der Waals surface area contributed by atoms with Crippen molar-refractivity contribution in [3.63, 3.8) is 0 Å². The van der Waals surface area contributed by atoms with Crippen LogP contribution in [-0.4, -0.2) is 4.98 Å². The molecule has 0 bridgehead atoms. The van der Waals surface area contributed by atoms with Crippen LogP contribution in [0.25, 0.3) is 0 Å². The lowest BCUT2D eigenvalue weighted by atomic mass is 10.1. The van der Waals surface area contributed by atoms with Crippen molar-refractivity contribution in [3.8, 4) is 0 Å². The molecule has 1 rings (SSSR count). The number of halogens is 3. The first-order chi connectivity index (χ1) is 5.55. The Bertz CT molecular complexity index is 267. The molecule has 0 aliphatic carbocycles. The highest BCUT2D eigenvalue weighted by molar-refractivity contribution is 5.21. The maximum Gasteiger partial charge on any atom is 0.433 e. The SMILES string of the molecule is CCc1cccnc1C(F)(F)F. The van der Waals surface area contributed by atoms with Crippen molar-refractivity contribution in [2.45, 2.75) is 19.5 Å². The molecule has 0 amide bonds. The van der Waals surface area contributed by atoms with Crippen molar-refractivity contribution in [2.24, 2.45) is 0 Å². The summed E-state index contributed by atoms with van der Waals surface area (Å²) in [7, 11) is 0. The van der Waals surface area contributed by atoms with E-state index < -0.39 is 11.9 Å². The minimum absolute atomic E-state index is 0.241. The normalized spacial score (nSPS) is 11.7. The van der Waals surface area contributed by atoms with E-state index in [0.29, 0.717) is 6.42 Å². The number of alkyl halides is 3. The molecule has 1 aromatic heterocycles. The monoisotopic (exact) mass is 175 g/mol. The summed E-state index contributed by atoms with van der Waals surface area (Å²) in [5, 5.41) is 0. The van der Waals surface area contributed by atoms with Crippen LogP contribution in [0.5, 0.6) is 0 Å². The van der Waals surface area contributed by atoms with Gasteiger partial charge in [-0.05, 0) is 18.1 Å². The van der Waals surface area contributed by atoms with E-state index >= 15 is 0 Å². The fourth-order valence-corrected chi connectivity index (χ4v) is 0.979. The van der Waals surface area contributed by atoms with Gasteiger partial charge in [0.15, 0.2) is 0 Å². The van der Waals surface area contributed by atoms with Crippen LogP contribution >= 0.6 is 0 Å². The fourth-order valence-electron chi connectivity index (χ4n) is 0.979. The van der Waals surface area contributed by atoms with Gasteiger partial charge in [-0.1, -0.05) is 13.0 Å². The number of hydrogen-bond donors (Lipinski definition) is 0. The molecule has 66 valence electrons. The van der Waals surface area contributed by atoms with E-state index in [1.807, 2.05) is 0 Å². The van der Waals surface area contributed by atoms with Crippen LogP contribution in [0.3, 0.4) is 0 Å². The molecule has 0 saturated heterocycles. The van der Waals surface area contributed by atoms with Gasteiger partial charge in [0.2, 0.25) is 0 Å². The molecule has 0 unspecified atom stereocenters. The molecular weight excluding hydrogens is 167 g/mol. The zero-order chi connectivity index (χ0) is 9.19. The first-order valence-corrected chi connectivity index (χ1v) is 3.56. The minimum Gasteiger partial charge on any atom is -0.252 e. The Hall–Kier alpha value is -1.06. The van der Waals surface area contributed by atoms with Crippen molar-refractivity contribution < 1.29 is 13.2 Å². The van der Waals surface area contributed by atoms with Crippen LogP contribution in [0.15, 0.2) is 18.3 Å². The highest BCUT2D eigenvalue weighted by Gasteiger charge is 2.34. The van der Waals surface area contributed by atoms with Crippen LogP contribution in [0.1, 0.15) is 18.2 Å². The maximum atomic E-state index is 12.2. The molecule has 0 aliphatic heterocycles. The third-order valence-electron chi connectivity index (χ3n) is 1.54. The van der Waals surface area contributed by atoms with Crippen LogP contribution in [-0.2, 0) is 12.6 Å². The largest absolute Gasteiger partial charge is 0.433 e. The quantitative estimate of drug-likeness (QED) is 0.639. The molecule has 1 aromatic rings. The summed E-state index contributed by atoms with van der Waals surface area (Å²) >= 11 is 0. The number of nitrogens with zero attached hydrogens (tertiary/aromatic N) is 1. The maximum absolute atomic E-state index is 12.2. The van der Waals surface area contributed by atoms with Crippen molar-refractivity contribution in [3.05, 3.63) is 29.6 Å². The molecule has 0 aromatic carbocycles. The molecule has 4 heteroatoms. The second-order valence-corrected chi connectivity index (χ2v) is 2.36. The molecule has 1 nitrogen and oxygen atoms in total. The molecule has 0 radical (unpaired) electrons. The highest BCUT2D eigenvalue weighted by atomic mass is 19.4. The predicted octanol–water partition coefficient (Wildman–Crippen LogP) is 2.66. The second kappa shape index (κ2) is 3.13. The molecule has 0 spiro atoms. The van der Waals surface area contributed by atoms with Crippen LogP contribution in [0, 0.1) is 0 Å². The van der Waals surface area contributed by atoms with E-state index in [1.165, 1.54) is 12.1 Å². The number of hydrogen-bond acceptors (Lipinski definition) is 1. The Balaban J connectivity index is 3.14. The third-order valence-corrected chi connectivity index (χ3v) is 1.54. The fraction of sp³-hybridized carbons (Fsp3) is 0.375. The third kappa shape index (κ3) is 1.75. The Morgan fingerprint density at radius 2 is 2.08 bits per heavy atom. The molecule has 0 N–H and O–H groups in total. The van der Waals surface area contributed by atoms with Crippen molar-refractivity contribution in [2.75, 3.05) is 0 Å². The molecule has 0 saturated carbocycles. The summed E-state index contributed by atoms with van der Waals surface area (Å²) in [6, 6.07) is 2.95. The zero-order valence-corrected chi connectivity index (χ0v) is 6.52. The Morgan fingerprint density at radius 3 is 2.50 bits per heavy atom. The van der Waals surface area contributed by atoms with Crippen LogP contribution in [0.4, 0.5) is 13.2 Å². The van der Waals surface area contributed by atoms with Crippen LogP contribution in [0.2, 0.25) is 0 Å². The van der Waals surface area contributed by atoms with E-state index in [4.69, 9.17) is 0 Å². The second-order valence-electron chi connectivity index (χ2n) is 2.36. The van der Waals surface area contributed by atoms with Gasteiger partial charge in [0.25, 0.3) is 0 Å². The summed E-state index contributed by atoms with van der Waals surface area (Å²) in [6.45, 7) is 1.67. The summed E-state index contributed by atoms with van der Waals surface area (Å²) in [5.41, 5.74) is -0.530. The average Bonchev–Trinajstić information content (AvgIpc) is 2.03. The van der Waals surface area contributed by atoms with Gasteiger partial charge >= 0.3 is 6.18 Å². The van der Waals surface area contributed by atoms with Crippen molar-refractivity contribution in [1.29, 1.82) is 0 Å². The number of pyridine rings is 1. The van der Waals surface area contributed by atoms with Crippen molar-refractivity contribution in [1.82, 2.24) is 4.98 Å². The topological polar surface area (TPSA) is 12.9 Å². The van der Waals surface area contributed by atoms with Gasteiger partial charge in [-0.2, -0.15) is 13.2 Å². The number of rotatable bonds is 1. The van der Waals surface area contributed by atoms with Crippen molar-refractivity contribution >= 4 is 0 Å². The van der Waals surface area contributed by atoms with Crippen LogP contribution < -0.4 is 0 Å². The van der Waals surface area contributed by atoms with Gasteiger partial charge in [0.1, 0.15) is 5.69 Å². The summed E-state index contributed by atoms with van der Waals surface area (Å²) < 4.78 is 36.5. The van der Waals surface area contributed by atoms with Gasteiger partial charge in [0.05, 0.1) is 0 Å². The van der Waals surface area contributed by atoms with E-state index in [2.05, 4.69) is 4.98 Å². The lowest BCUT2D eigenvalue weighted by molar-refractivity contribution is -0.141. The van der Waals surface area contributed by atoms with Gasteiger partial charge in [-0.15, -0.1) is 0 Å². The summed E-state index contributed by atoms with van der Waals surface area (Å²) in [4.78, 5) is 3.30. The van der Waals surface area contributed by atoms with E-state index in [9.17, 15) is 13.2 Å². The van der Waals surface area contributed by atoms with E-state index in [1.54, 1.807) is 6.92 Å². The molecule has 0 fully saturated rings. The molecule has 12 heavy (non-hydrogen) atoms. The Kier molecular flexibility index (Phi) is 2.35. The highest BCUT2D eigenvalue weighted by Crippen LogP contribution is 2.29. The average molecular weight is 175 g/mol. The van der Waals surface area contributed by atoms with E-state index in [-0.39, 0.29) is 5.56 Å². The van der Waals surface area contributed by atoms with E-state index in [0.717, 1.165) is 6.20 Å². The minimum atomic E-state index is -4.33. The van der Waals surface area contributed by atoms with Gasteiger partial charge < -0.3 is 0 Å². The predicted molar refractivity (Wildman–Crippen MR) is 38.6 cm³/mol. The number of aromatic nitrogens is 1. The smallest absolute Gasteiger partial charge is 0.252 e. The lowest BCUT2D eigenvalue weighted by Gasteiger charge is -2.08. The van der Waals surface area contributed by atoms with Gasteiger partial charge in [-0.3, -0.25) is 4.98 Å². The lowest BCUT2D eigenvalue weighted by Crippen LogP contribution is -2.10. The Labute approximate surface area is 68.2 Å². The number of aryl methyl sites for hydroxylation is 1. The Morgan fingerprint density at radius 1 is 1.42 bits per heavy atom.